The maximum absolute atomic E-state index is 11.3. The minimum Gasteiger partial charge on any atom is -0.356 e. The largest absolute Gasteiger partial charge is 0.356 e. The zero-order chi connectivity index (χ0) is 13.9. The Hall–Kier alpha value is -0.870. The molecule has 0 saturated carbocycles. The van der Waals surface area contributed by atoms with Crippen LogP contribution in [0.4, 0.5) is 0 Å². The number of nitrogens with one attached hydrogen (secondary N) is 2. The summed E-state index contributed by atoms with van der Waals surface area (Å²) < 4.78 is 22.6. The van der Waals surface area contributed by atoms with Gasteiger partial charge in [-0.25, -0.2) is 13.6 Å². The van der Waals surface area contributed by atoms with Crippen LogP contribution in [-0.4, -0.2) is 27.5 Å². The fraction of sp³-hybridized carbons (Fsp3) is 0.417. The van der Waals surface area contributed by atoms with Gasteiger partial charge >= 0.3 is 0 Å². The number of aliphatic imine (C=N–C) groups is 1. The monoisotopic (exact) mass is 410 g/mol. The third kappa shape index (κ3) is 4.60. The Bertz CT molecular complexity index is 601. The van der Waals surface area contributed by atoms with Crippen molar-refractivity contribution in [3.05, 3.63) is 29.3 Å². The smallest absolute Gasteiger partial charge is 0.238 e. The third-order valence-corrected chi connectivity index (χ3v) is 3.97. The number of primary sulfonamides is 1. The summed E-state index contributed by atoms with van der Waals surface area (Å²) in [6, 6.07) is 5.11. The molecular weight excluding hydrogens is 391 g/mol. The van der Waals surface area contributed by atoms with Crippen molar-refractivity contribution in [2.45, 2.75) is 24.8 Å². The van der Waals surface area contributed by atoms with E-state index in [4.69, 9.17) is 5.14 Å². The normalized spacial score (nSPS) is 14.8. The number of hydrogen-bond acceptors (Lipinski definition) is 5. The van der Waals surface area contributed by atoms with Crippen molar-refractivity contribution in [3.63, 3.8) is 0 Å². The first-order chi connectivity index (χ1) is 8.97. The van der Waals surface area contributed by atoms with Gasteiger partial charge in [-0.1, -0.05) is 12.1 Å². The highest BCUT2D eigenvalue weighted by atomic mass is 127. The third-order valence-electron chi connectivity index (χ3n) is 2.90. The summed E-state index contributed by atoms with van der Waals surface area (Å²) in [6.45, 7) is 4.09. The van der Waals surface area contributed by atoms with E-state index in [1.54, 1.807) is 13.0 Å². The molecule has 2 rings (SSSR count). The van der Waals surface area contributed by atoms with E-state index in [1.165, 1.54) is 6.07 Å². The molecule has 0 radical (unpaired) electrons. The van der Waals surface area contributed by atoms with Crippen molar-refractivity contribution in [3.8, 4) is 0 Å². The number of rotatable bonds is 3. The standard InChI is InChI=1S/C12H18N4O2S.HI/c1-9-7-10(3-4-11(9)19(13,17)18)8-16-12-14-5-2-6-15-12;/h3-4,7H,2,5-6,8H2,1H3,(H2,13,17,18)(H2,14,15,16);1H. The lowest BCUT2D eigenvalue weighted by molar-refractivity contribution is 0.597. The van der Waals surface area contributed by atoms with Gasteiger partial charge in [0.15, 0.2) is 5.96 Å². The number of nitrogens with two attached hydrogens (primary N) is 1. The van der Waals surface area contributed by atoms with Gasteiger partial charge in [0.25, 0.3) is 0 Å². The van der Waals surface area contributed by atoms with Crippen LogP contribution >= 0.6 is 24.0 Å². The molecule has 112 valence electrons. The lowest BCUT2D eigenvalue weighted by Gasteiger charge is -2.16. The number of benzene rings is 1. The second kappa shape index (κ2) is 7.23. The first-order valence-corrected chi connectivity index (χ1v) is 7.66. The summed E-state index contributed by atoms with van der Waals surface area (Å²) >= 11 is 0. The Kier molecular flexibility index (Phi) is 6.21. The molecule has 0 atom stereocenters. The van der Waals surface area contributed by atoms with Crippen LogP contribution in [-0.2, 0) is 16.6 Å². The van der Waals surface area contributed by atoms with Gasteiger partial charge in [0.2, 0.25) is 10.0 Å². The van der Waals surface area contributed by atoms with Crippen LogP contribution in [0.3, 0.4) is 0 Å². The highest BCUT2D eigenvalue weighted by Gasteiger charge is 2.11. The first kappa shape index (κ1) is 17.2. The van der Waals surface area contributed by atoms with Gasteiger partial charge in [-0.05, 0) is 30.5 Å². The molecule has 8 heteroatoms. The Labute approximate surface area is 136 Å². The summed E-state index contributed by atoms with van der Waals surface area (Å²) in [5.74, 6) is 0.791. The second-order valence-electron chi connectivity index (χ2n) is 4.51. The van der Waals surface area contributed by atoms with Gasteiger partial charge in [0.05, 0.1) is 4.90 Å². The predicted molar refractivity (Wildman–Crippen MR) is 89.7 cm³/mol. The SMILES string of the molecule is Cc1cc(CNC2=NCCCN2)ccc1S(N)(=O)=O.I. The second-order valence-corrected chi connectivity index (χ2v) is 6.04. The number of sulfonamides is 1. The molecule has 0 spiro atoms. The van der Waals surface area contributed by atoms with E-state index in [0.717, 1.165) is 31.0 Å². The summed E-state index contributed by atoms with van der Waals surface area (Å²) in [7, 11) is -3.64. The maximum atomic E-state index is 11.3. The first-order valence-electron chi connectivity index (χ1n) is 6.11. The van der Waals surface area contributed by atoms with Crippen molar-refractivity contribution in [1.82, 2.24) is 10.6 Å². The van der Waals surface area contributed by atoms with Crippen molar-refractivity contribution in [2.75, 3.05) is 13.1 Å². The van der Waals surface area contributed by atoms with E-state index in [9.17, 15) is 8.42 Å². The number of guanidine groups is 1. The van der Waals surface area contributed by atoms with Crippen LogP contribution in [0.25, 0.3) is 0 Å². The zero-order valence-corrected chi connectivity index (χ0v) is 14.4. The van der Waals surface area contributed by atoms with E-state index in [0.29, 0.717) is 12.1 Å². The van der Waals surface area contributed by atoms with Crippen LogP contribution in [0.15, 0.2) is 28.1 Å². The minimum absolute atomic E-state index is 0. The fourth-order valence-electron chi connectivity index (χ4n) is 1.98. The summed E-state index contributed by atoms with van der Waals surface area (Å²) in [6.07, 6.45) is 1.05. The molecule has 0 aromatic heterocycles. The summed E-state index contributed by atoms with van der Waals surface area (Å²) in [5, 5.41) is 11.5. The molecule has 0 aliphatic carbocycles. The molecule has 1 aromatic rings. The van der Waals surface area contributed by atoms with Gasteiger partial charge in [0, 0.05) is 19.6 Å². The quantitative estimate of drug-likeness (QED) is 0.640. The number of aryl methyl sites for hydroxylation is 1. The average molecular weight is 410 g/mol. The van der Waals surface area contributed by atoms with Gasteiger partial charge in [-0.3, -0.25) is 4.99 Å². The molecule has 1 aliphatic rings. The molecule has 4 N–H and O–H groups in total. The van der Waals surface area contributed by atoms with E-state index < -0.39 is 10.0 Å². The Morgan fingerprint density at radius 3 is 2.75 bits per heavy atom. The van der Waals surface area contributed by atoms with Crippen molar-refractivity contribution < 1.29 is 8.42 Å². The van der Waals surface area contributed by atoms with E-state index >= 15 is 0 Å². The molecule has 1 aliphatic heterocycles. The molecular formula is C12H19IN4O2S. The van der Waals surface area contributed by atoms with Crippen LogP contribution in [0, 0.1) is 6.92 Å². The van der Waals surface area contributed by atoms with Gasteiger partial charge < -0.3 is 10.6 Å². The number of halogens is 1. The van der Waals surface area contributed by atoms with Gasteiger partial charge in [-0.2, -0.15) is 0 Å². The molecule has 0 unspecified atom stereocenters. The van der Waals surface area contributed by atoms with Crippen LogP contribution in [0.1, 0.15) is 17.5 Å². The molecule has 0 bridgehead atoms. The predicted octanol–water partition coefficient (Wildman–Crippen LogP) is 0.699. The molecule has 0 fully saturated rings. The molecule has 0 amide bonds. The summed E-state index contributed by atoms with van der Waals surface area (Å²) in [5.41, 5.74) is 1.64. The summed E-state index contributed by atoms with van der Waals surface area (Å²) in [4.78, 5) is 4.47. The lowest BCUT2D eigenvalue weighted by Crippen LogP contribution is -2.40. The van der Waals surface area contributed by atoms with Crippen LogP contribution in [0.2, 0.25) is 0 Å². The Morgan fingerprint density at radius 2 is 2.20 bits per heavy atom. The highest BCUT2D eigenvalue weighted by molar-refractivity contribution is 14.0. The maximum Gasteiger partial charge on any atom is 0.238 e. The van der Waals surface area contributed by atoms with Crippen molar-refractivity contribution in [1.29, 1.82) is 0 Å². The fourth-order valence-corrected chi connectivity index (χ4v) is 2.74. The number of nitrogens with zero attached hydrogens (tertiary/aromatic N) is 1. The lowest BCUT2D eigenvalue weighted by atomic mass is 10.1. The minimum atomic E-state index is -3.64. The molecule has 0 saturated heterocycles. The average Bonchev–Trinajstić information content (AvgIpc) is 2.36. The molecule has 20 heavy (non-hydrogen) atoms. The van der Waals surface area contributed by atoms with Crippen molar-refractivity contribution >= 4 is 40.0 Å². The van der Waals surface area contributed by atoms with E-state index in [1.807, 2.05) is 6.07 Å². The molecule has 1 aromatic carbocycles. The van der Waals surface area contributed by atoms with Crippen LogP contribution < -0.4 is 15.8 Å². The highest BCUT2D eigenvalue weighted by Crippen LogP contribution is 2.15. The topological polar surface area (TPSA) is 96.6 Å². The Balaban J connectivity index is 0.00000200. The van der Waals surface area contributed by atoms with E-state index in [-0.39, 0.29) is 28.9 Å². The van der Waals surface area contributed by atoms with Crippen molar-refractivity contribution in [2.24, 2.45) is 10.1 Å². The zero-order valence-electron chi connectivity index (χ0n) is 11.2. The molecule has 6 nitrogen and oxygen atoms in total. The van der Waals surface area contributed by atoms with Gasteiger partial charge in [-0.15, -0.1) is 24.0 Å². The Morgan fingerprint density at radius 1 is 1.45 bits per heavy atom. The van der Waals surface area contributed by atoms with E-state index in [2.05, 4.69) is 15.6 Å². The van der Waals surface area contributed by atoms with Crippen LogP contribution in [0.5, 0.6) is 0 Å². The van der Waals surface area contributed by atoms with Gasteiger partial charge in [0.1, 0.15) is 0 Å². The number of hydrogen-bond donors (Lipinski definition) is 3. The molecule has 1 heterocycles.